The molecular weight excluding hydrogens is 616 g/mol. The van der Waals surface area contributed by atoms with Crippen LogP contribution in [0.5, 0.6) is 11.5 Å². The van der Waals surface area contributed by atoms with E-state index in [9.17, 15) is 9.59 Å². The van der Waals surface area contributed by atoms with Crippen molar-refractivity contribution in [3.8, 4) is 22.6 Å². The third-order valence-electron chi connectivity index (χ3n) is 10.4. The lowest BCUT2D eigenvalue weighted by atomic mass is 9.68. The fourth-order valence-electron chi connectivity index (χ4n) is 7.52. The van der Waals surface area contributed by atoms with Crippen LogP contribution in [0.2, 0.25) is 0 Å². The minimum atomic E-state index is -0.750. The van der Waals surface area contributed by atoms with Gasteiger partial charge in [-0.15, -0.1) is 0 Å². The van der Waals surface area contributed by atoms with Crippen molar-refractivity contribution in [3.05, 3.63) is 72.3 Å². The van der Waals surface area contributed by atoms with Gasteiger partial charge >= 0.3 is 11.9 Å². The zero-order chi connectivity index (χ0) is 35.2. The number of ether oxygens (including phenoxy) is 5. The van der Waals surface area contributed by atoms with Gasteiger partial charge in [0.25, 0.3) is 0 Å². The van der Waals surface area contributed by atoms with E-state index in [0.717, 1.165) is 47.3 Å². The summed E-state index contributed by atoms with van der Waals surface area (Å²) in [7, 11) is 3.11. The molecule has 7 nitrogen and oxygen atoms in total. The van der Waals surface area contributed by atoms with Crippen molar-refractivity contribution in [2.75, 3.05) is 40.6 Å². The summed E-state index contributed by atoms with van der Waals surface area (Å²) in [5.41, 5.74) is 2.75. The first-order valence-electron chi connectivity index (χ1n) is 18.2. The molecule has 7 heteroatoms. The summed E-state index contributed by atoms with van der Waals surface area (Å²) < 4.78 is 27.3. The molecule has 2 saturated carbocycles. The lowest BCUT2D eigenvalue weighted by Crippen LogP contribution is -2.33. The van der Waals surface area contributed by atoms with Gasteiger partial charge in [-0.05, 0) is 137 Å². The third kappa shape index (κ3) is 11.3. The fraction of sp³-hybridized carbons (Fsp3) is 0.571. The second kappa shape index (κ2) is 19.1. The third-order valence-corrected chi connectivity index (χ3v) is 10.4. The molecule has 2 aromatic carbocycles. The molecule has 0 atom stereocenters. The van der Waals surface area contributed by atoms with Gasteiger partial charge in [-0.3, -0.25) is 4.79 Å². The Kier molecular flexibility index (Phi) is 15.0. The molecular formula is C42H58O7. The highest BCUT2D eigenvalue weighted by atomic mass is 16.6. The molecule has 0 amide bonds. The minimum Gasteiger partial charge on any atom is -0.490 e. The lowest BCUT2D eigenvalue weighted by molar-refractivity contribution is -0.146. The lowest BCUT2D eigenvalue weighted by Gasteiger charge is -2.38. The Balaban J connectivity index is 1.41. The number of allylic oxidation sites excluding steroid dienone is 2. The highest BCUT2D eigenvalue weighted by Gasteiger charge is 2.34. The summed E-state index contributed by atoms with van der Waals surface area (Å²) >= 11 is 0. The van der Waals surface area contributed by atoms with Gasteiger partial charge in [0.2, 0.25) is 0 Å². The summed E-state index contributed by atoms with van der Waals surface area (Å²) in [6.45, 7) is 10.3. The van der Waals surface area contributed by atoms with Crippen molar-refractivity contribution in [1.82, 2.24) is 0 Å². The Morgan fingerprint density at radius 1 is 0.857 bits per heavy atom. The van der Waals surface area contributed by atoms with E-state index < -0.39 is 11.4 Å². The Bertz CT molecular complexity index is 1380. The van der Waals surface area contributed by atoms with Gasteiger partial charge in [-0.1, -0.05) is 49.8 Å². The van der Waals surface area contributed by atoms with Gasteiger partial charge in [0, 0.05) is 14.2 Å². The second-order valence-electron chi connectivity index (χ2n) is 14.5. The summed E-state index contributed by atoms with van der Waals surface area (Å²) in [6, 6.07) is 14.1. The Hall–Kier alpha value is -3.42. The summed E-state index contributed by atoms with van der Waals surface area (Å²) in [6.07, 6.45) is 17.2. The van der Waals surface area contributed by atoms with Gasteiger partial charge in [0.05, 0.1) is 24.2 Å². The molecule has 0 radical (unpaired) electrons. The summed E-state index contributed by atoms with van der Waals surface area (Å²) in [5.74, 6) is 3.45. The zero-order valence-corrected chi connectivity index (χ0v) is 30.5. The Morgan fingerprint density at radius 3 is 2.14 bits per heavy atom. The number of hydrogen-bond acceptors (Lipinski definition) is 7. The molecule has 2 aromatic rings. The molecule has 0 aromatic heterocycles. The molecule has 0 spiro atoms. The van der Waals surface area contributed by atoms with Crippen molar-refractivity contribution in [2.24, 2.45) is 23.2 Å². The van der Waals surface area contributed by atoms with E-state index in [0.29, 0.717) is 24.0 Å². The average Bonchev–Trinajstić information content (AvgIpc) is 3.11. The molecule has 0 aliphatic heterocycles. The first-order valence-corrected chi connectivity index (χ1v) is 18.2. The van der Waals surface area contributed by atoms with Crippen LogP contribution in [0.25, 0.3) is 11.1 Å². The maximum Gasteiger partial charge on any atom is 0.335 e. The van der Waals surface area contributed by atoms with Crippen LogP contribution < -0.4 is 9.47 Å². The van der Waals surface area contributed by atoms with Crippen molar-refractivity contribution in [3.63, 3.8) is 0 Å². The number of rotatable bonds is 17. The predicted octanol–water partition coefficient (Wildman–Crippen LogP) is 9.49. The number of benzene rings is 2. The van der Waals surface area contributed by atoms with Gasteiger partial charge in [0.1, 0.15) is 24.7 Å². The Labute approximate surface area is 294 Å². The van der Waals surface area contributed by atoms with E-state index in [2.05, 4.69) is 31.7 Å². The smallest absolute Gasteiger partial charge is 0.335 e. The van der Waals surface area contributed by atoms with Gasteiger partial charge in [0.15, 0.2) is 0 Å². The maximum atomic E-state index is 13.3. The minimum absolute atomic E-state index is 0.119. The van der Waals surface area contributed by atoms with E-state index in [4.69, 9.17) is 23.7 Å². The first-order chi connectivity index (χ1) is 23.6. The largest absolute Gasteiger partial charge is 0.490 e. The standard InChI is InChI=1S/C42H58O7/c1-7-8-9-10-31-11-13-32(14-12-31)33-15-17-35(18-16-33)38-27-36(21-24-39(38)49-41(44)42(3,4)29-46-6)34-19-22-37(23-20-34)47-25-26-48-40(43)30(2)28-45-5/h7-8,19-24,27,31-33,35H,2,9-18,25-26,28-29H2,1,3-6H3/b8-7+. The summed E-state index contributed by atoms with van der Waals surface area (Å²) in [5, 5.41) is 0. The molecule has 2 aliphatic rings. The monoisotopic (exact) mass is 674 g/mol. The molecule has 0 saturated heterocycles. The fourth-order valence-corrected chi connectivity index (χ4v) is 7.52. The van der Waals surface area contributed by atoms with E-state index in [1.165, 1.54) is 58.5 Å². The second-order valence-corrected chi connectivity index (χ2v) is 14.5. The molecule has 2 aliphatic carbocycles. The number of carbonyl (C=O) groups excluding carboxylic acids is 2. The van der Waals surface area contributed by atoms with Crippen LogP contribution in [-0.2, 0) is 23.8 Å². The number of esters is 2. The van der Waals surface area contributed by atoms with E-state index in [1.54, 1.807) is 7.11 Å². The quantitative estimate of drug-likeness (QED) is 0.0544. The topological polar surface area (TPSA) is 80.3 Å². The van der Waals surface area contributed by atoms with E-state index in [-0.39, 0.29) is 31.4 Å². The highest BCUT2D eigenvalue weighted by Crippen LogP contribution is 2.47. The average molecular weight is 675 g/mol. The van der Waals surface area contributed by atoms with E-state index in [1.807, 2.05) is 50.2 Å². The van der Waals surface area contributed by atoms with Crippen LogP contribution in [-0.4, -0.2) is 52.6 Å². The van der Waals surface area contributed by atoms with Crippen LogP contribution in [0, 0.1) is 23.2 Å². The van der Waals surface area contributed by atoms with Crippen molar-refractivity contribution >= 4 is 11.9 Å². The first kappa shape index (κ1) is 38.4. The number of carbonyl (C=O) groups is 2. The van der Waals surface area contributed by atoms with Crippen LogP contribution in [0.3, 0.4) is 0 Å². The number of hydrogen-bond donors (Lipinski definition) is 0. The molecule has 4 rings (SSSR count). The molecule has 0 bridgehead atoms. The van der Waals surface area contributed by atoms with Crippen LogP contribution in [0.1, 0.15) is 96.5 Å². The highest BCUT2D eigenvalue weighted by molar-refractivity contribution is 5.88. The van der Waals surface area contributed by atoms with Gasteiger partial charge < -0.3 is 23.7 Å². The normalized spacial score (nSPS) is 21.3. The molecule has 0 heterocycles. The maximum absolute atomic E-state index is 13.3. The van der Waals surface area contributed by atoms with Crippen molar-refractivity contribution < 1.29 is 33.3 Å². The SMILES string of the molecule is C=C(COC)C(=O)OCCOc1ccc(-c2ccc(OC(=O)C(C)(C)COC)c(C3CCC(C4CCC(CC/C=C/C)CC4)CC3)c2)cc1. The molecule has 268 valence electrons. The van der Waals surface area contributed by atoms with Crippen molar-refractivity contribution in [1.29, 1.82) is 0 Å². The van der Waals surface area contributed by atoms with E-state index >= 15 is 0 Å². The van der Waals surface area contributed by atoms with Crippen LogP contribution in [0.15, 0.2) is 66.8 Å². The van der Waals surface area contributed by atoms with Gasteiger partial charge in [-0.25, -0.2) is 4.79 Å². The van der Waals surface area contributed by atoms with Crippen LogP contribution in [0.4, 0.5) is 0 Å². The van der Waals surface area contributed by atoms with Gasteiger partial charge in [-0.2, -0.15) is 0 Å². The molecule has 0 unspecified atom stereocenters. The Morgan fingerprint density at radius 2 is 1.51 bits per heavy atom. The van der Waals surface area contributed by atoms with Crippen molar-refractivity contribution in [2.45, 2.75) is 90.9 Å². The summed E-state index contributed by atoms with van der Waals surface area (Å²) in [4.78, 5) is 25.2. The zero-order valence-electron chi connectivity index (χ0n) is 30.5. The number of methoxy groups -OCH3 is 2. The molecule has 49 heavy (non-hydrogen) atoms. The molecule has 2 fully saturated rings. The molecule has 0 N–H and O–H groups in total. The van der Waals surface area contributed by atoms with Crippen LogP contribution >= 0.6 is 0 Å². The predicted molar refractivity (Wildman–Crippen MR) is 195 cm³/mol.